The average Bonchev–Trinajstić information content (AvgIpc) is 3.25. The largest absolute Gasteiger partial charge is 0.349 e. The predicted octanol–water partition coefficient (Wildman–Crippen LogP) is 2.76. The van der Waals surface area contributed by atoms with Crippen LogP contribution in [0.15, 0.2) is 22.4 Å². The van der Waals surface area contributed by atoms with Crippen molar-refractivity contribution in [2.24, 2.45) is 0 Å². The second kappa shape index (κ2) is 7.90. The Morgan fingerprint density at radius 1 is 1.22 bits per heavy atom. The molecule has 1 aliphatic heterocycles. The number of benzene rings is 1. The van der Waals surface area contributed by atoms with E-state index in [-0.39, 0.29) is 16.7 Å². The zero-order chi connectivity index (χ0) is 19.8. The monoisotopic (exact) mass is 425 g/mol. The molecule has 1 saturated heterocycles. The second-order valence-corrected chi connectivity index (χ2v) is 10.6. The van der Waals surface area contributed by atoms with Gasteiger partial charge in [-0.2, -0.15) is 4.31 Å². The molecular weight excluding hydrogens is 402 g/mol. The topological polar surface area (TPSA) is 79.4 Å². The van der Waals surface area contributed by atoms with Crippen molar-refractivity contribution in [2.75, 3.05) is 11.6 Å². The van der Waals surface area contributed by atoms with Crippen LogP contribution >= 0.6 is 23.1 Å². The molecule has 2 heterocycles. The fraction of sp³-hybridized carbons (Fsp3) is 0.444. The normalized spacial score (nSPS) is 18.0. The van der Waals surface area contributed by atoms with Crippen LogP contribution in [0.3, 0.4) is 0 Å². The number of sulfonamides is 1. The van der Waals surface area contributed by atoms with E-state index in [9.17, 15) is 13.2 Å². The van der Waals surface area contributed by atoms with Gasteiger partial charge in [-0.1, -0.05) is 6.07 Å². The summed E-state index contributed by atoms with van der Waals surface area (Å²) < 4.78 is 27.8. The fourth-order valence-corrected chi connectivity index (χ4v) is 7.05. The zero-order valence-electron chi connectivity index (χ0n) is 15.8. The Morgan fingerprint density at radius 3 is 2.59 bits per heavy atom. The second-order valence-electron chi connectivity index (χ2n) is 6.69. The third kappa shape index (κ3) is 4.21. The summed E-state index contributed by atoms with van der Waals surface area (Å²) in [6.45, 7) is 7.86. The van der Waals surface area contributed by atoms with Crippen LogP contribution in [0.4, 0.5) is 0 Å². The Bertz CT molecular complexity index is 969. The Labute approximate surface area is 168 Å². The minimum absolute atomic E-state index is 0.279. The molecule has 6 nitrogen and oxygen atoms in total. The van der Waals surface area contributed by atoms with Gasteiger partial charge in [0.05, 0.1) is 28.0 Å². The highest BCUT2D eigenvalue weighted by Crippen LogP contribution is 2.31. The summed E-state index contributed by atoms with van der Waals surface area (Å²) in [7, 11) is -3.74. The quantitative estimate of drug-likeness (QED) is 0.797. The van der Waals surface area contributed by atoms with Crippen molar-refractivity contribution in [3.8, 4) is 0 Å². The van der Waals surface area contributed by atoms with Gasteiger partial charge in [-0.15, -0.1) is 23.1 Å². The highest BCUT2D eigenvalue weighted by molar-refractivity contribution is 8.00. The first-order valence-electron chi connectivity index (χ1n) is 8.56. The molecule has 1 fully saturated rings. The number of nitrogens with one attached hydrogen (secondary N) is 1. The predicted molar refractivity (Wildman–Crippen MR) is 109 cm³/mol. The van der Waals surface area contributed by atoms with Crippen molar-refractivity contribution < 1.29 is 13.2 Å². The maximum absolute atomic E-state index is 13.2. The van der Waals surface area contributed by atoms with Crippen LogP contribution in [0, 0.1) is 27.7 Å². The number of aryl methyl sites for hydroxylation is 4. The summed E-state index contributed by atoms with van der Waals surface area (Å²) in [4.78, 5) is 17.3. The highest BCUT2D eigenvalue weighted by atomic mass is 32.2. The number of thioether (sulfide) groups is 1. The molecule has 1 atom stereocenters. The number of amides is 1. The molecule has 27 heavy (non-hydrogen) atoms. The van der Waals surface area contributed by atoms with Crippen LogP contribution in [-0.2, 0) is 21.4 Å². The summed E-state index contributed by atoms with van der Waals surface area (Å²) in [6.07, 6.45) is 0. The number of carbonyl (C=O) groups excluding carboxylic acids is 1. The maximum atomic E-state index is 13.2. The molecule has 2 aromatic rings. The molecule has 1 amide bonds. The molecule has 0 bridgehead atoms. The molecule has 0 saturated carbocycles. The summed E-state index contributed by atoms with van der Waals surface area (Å²) >= 11 is 2.97. The molecule has 0 spiro atoms. The van der Waals surface area contributed by atoms with E-state index in [1.807, 2.05) is 32.2 Å². The minimum atomic E-state index is -3.74. The van der Waals surface area contributed by atoms with Crippen LogP contribution < -0.4 is 5.32 Å². The van der Waals surface area contributed by atoms with Gasteiger partial charge in [0.1, 0.15) is 6.04 Å². The average molecular weight is 426 g/mol. The fourth-order valence-electron chi connectivity index (χ4n) is 2.99. The van der Waals surface area contributed by atoms with Gasteiger partial charge in [0.25, 0.3) is 0 Å². The van der Waals surface area contributed by atoms with Gasteiger partial charge >= 0.3 is 0 Å². The van der Waals surface area contributed by atoms with Crippen molar-refractivity contribution in [1.82, 2.24) is 14.6 Å². The maximum Gasteiger partial charge on any atom is 0.244 e. The van der Waals surface area contributed by atoms with E-state index in [1.165, 1.54) is 27.4 Å². The van der Waals surface area contributed by atoms with Gasteiger partial charge in [-0.25, -0.2) is 13.4 Å². The van der Waals surface area contributed by atoms with E-state index < -0.39 is 16.1 Å². The van der Waals surface area contributed by atoms with Crippen molar-refractivity contribution in [1.29, 1.82) is 0 Å². The first kappa shape index (κ1) is 20.3. The van der Waals surface area contributed by atoms with Crippen molar-refractivity contribution in [3.05, 3.63) is 44.9 Å². The van der Waals surface area contributed by atoms with Crippen molar-refractivity contribution in [2.45, 2.75) is 45.2 Å². The molecule has 1 aromatic carbocycles. The molecule has 0 aliphatic carbocycles. The Kier molecular flexibility index (Phi) is 5.95. The summed E-state index contributed by atoms with van der Waals surface area (Å²) in [5.74, 6) is 0.448. The van der Waals surface area contributed by atoms with Crippen LogP contribution in [0.5, 0.6) is 0 Å². The number of carbonyl (C=O) groups is 1. The number of nitrogens with zero attached hydrogens (tertiary/aromatic N) is 2. The third-order valence-electron chi connectivity index (χ3n) is 4.63. The highest BCUT2D eigenvalue weighted by Gasteiger charge is 2.40. The molecular formula is C18H23N3O3S3. The minimum Gasteiger partial charge on any atom is -0.349 e. The van der Waals surface area contributed by atoms with E-state index in [4.69, 9.17) is 0 Å². The number of aromatic nitrogens is 1. The first-order chi connectivity index (χ1) is 12.7. The lowest BCUT2D eigenvalue weighted by Crippen LogP contribution is -2.47. The lowest BCUT2D eigenvalue weighted by molar-refractivity contribution is -0.124. The number of hydrogen-bond donors (Lipinski definition) is 1. The smallest absolute Gasteiger partial charge is 0.244 e. The molecule has 3 rings (SSSR count). The summed E-state index contributed by atoms with van der Waals surface area (Å²) in [6, 6.07) is 2.88. The van der Waals surface area contributed by atoms with E-state index in [2.05, 4.69) is 10.3 Å². The van der Waals surface area contributed by atoms with Crippen LogP contribution in [-0.4, -0.2) is 41.3 Å². The first-order valence-corrected chi connectivity index (χ1v) is 12.0. The van der Waals surface area contributed by atoms with Crippen LogP contribution in [0.1, 0.15) is 27.4 Å². The Balaban J connectivity index is 1.80. The summed E-state index contributed by atoms with van der Waals surface area (Å²) in [5, 5.41) is 5.66. The summed E-state index contributed by atoms with van der Waals surface area (Å²) in [5.41, 5.74) is 3.46. The van der Waals surface area contributed by atoms with E-state index in [0.29, 0.717) is 17.9 Å². The Hall–Kier alpha value is -1.42. The molecule has 0 radical (unpaired) electrons. The third-order valence-corrected chi connectivity index (χ3v) is 8.63. The van der Waals surface area contributed by atoms with Gasteiger partial charge in [0.15, 0.2) is 0 Å². The van der Waals surface area contributed by atoms with Gasteiger partial charge < -0.3 is 5.32 Å². The van der Waals surface area contributed by atoms with Crippen LogP contribution in [0.2, 0.25) is 0 Å². The zero-order valence-corrected chi connectivity index (χ0v) is 18.2. The lowest BCUT2D eigenvalue weighted by atomic mass is 10.1. The molecule has 146 valence electrons. The van der Waals surface area contributed by atoms with Gasteiger partial charge in [0.2, 0.25) is 15.9 Å². The molecule has 9 heteroatoms. The number of hydrogen-bond acceptors (Lipinski definition) is 6. The number of rotatable bonds is 5. The van der Waals surface area contributed by atoms with Gasteiger partial charge in [0, 0.05) is 11.1 Å². The van der Waals surface area contributed by atoms with Gasteiger partial charge in [-0.05, 0) is 50.5 Å². The standard InChI is InChI=1S/C18H23N3O3S3/c1-11-5-13(3)17(6-12(11)2)27(23,24)21-10-25-9-16(21)18(22)19-7-15-8-26-14(4)20-15/h5-6,8,16H,7,9-10H2,1-4H3,(H,19,22). The van der Waals surface area contributed by atoms with E-state index >= 15 is 0 Å². The Morgan fingerprint density at radius 2 is 1.93 bits per heavy atom. The van der Waals surface area contributed by atoms with Gasteiger partial charge in [-0.3, -0.25) is 4.79 Å². The van der Waals surface area contributed by atoms with E-state index in [1.54, 1.807) is 13.0 Å². The van der Waals surface area contributed by atoms with Crippen LogP contribution in [0.25, 0.3) is 0 Å². The van der Waals surface area contributed by atoms with Crippen molar-refractivity contribution >= 4 is 39.0 Å². The number of thiazole rings is 1. The SMILES string of the molecule is Cc1nc(CNC(=O)C2CSCN2S(=O)(=O)c2cc(C)c(C)cc2C)cs1. The van der Waals surface area contributed by atoms with Crippen molar-refractivity contribution in [3.63, 3.8) is 0 Å². The molecule has 1 unspecified atom stereocenters. The van der Waals surface area contributed by atoms with E-state index in [0.717, 1.165) is 21.8 Å². The molecule has 1 aromatic heterocycles. The molecule has 1 N–H and O–H groups in total. The molecule has 1 aliphatic rings. The lowest BCUT2D eigenvalue weighted by Gasteiger charge is -2.23.